The van der Waals surface area contributed by atoms with Gasteiger partial charge < -0.3 is 14.9 Å². The lowest BCUT2D eigenvalue weighted by Gasteiger charge is -2.02. The fourth-order valence-electron chi connectivity index (χ4n) is 0.269. The van der Waals surface area contributed by atoms with Gasteiger partial charge in [-0.2, -0.15) is 0 Å². The lowest BCUT2D eigenvalue weighted by Crippen LogP contribution is -2.09. The molecule has 0 amide bonds. The fourth-order valence-corrected chi connectivity index (χ4v) is 0.405. The first-order chi connectivity index (χ1) is 3.77. The van der Waals surface area contributed by atoms with Crippen molar-refractivity contribution in [1.29, 1.82) is 0 Å². The number of aliphatic hydroxyl groups excluding tert-OH is 2. The van der Waals surface area contributed by atoms with Gasteiger partial charge in [0.2, 0.25) is 0 Å². The second kappa shape index (κ2) is 5.45. The van der Waals surface area contributed by atoms with Crippen molar-refractivity contribution in [3.8, 4) is 0 Å². The van der Waals surface area contributed by atoms with Gasteiger partial charge in [0.15, 0.2) is 0 Å². The second-order valence-corrected chi connectivity index (χ2v) is 2.14. The lowest BCUT2D eigenvalue weighted by atomic mass is 10.7. The van der Waals surface area contributed by atoms with Crippen molar-refractivity contribution in [2.24, 2.45) is 0 Å². The molecule has 0 radical (unpaired) electrons. The van der Waals surface area contributed by atoms with Crippen LogP contribution in [-0.4, -0.2) is 35.9 Å². The zero-order valence-electron chi connectivity index (χ0n) is 4.58. The van der Waals surface area contributed by atoms with Gasteiger partial charge in [-0.25, -0.2) is 0 Å². The minimum Gasteiger partial charge on any atom is -0.394 e. The molecule has 2 atom stereocenters. The molecule has 0 rings (SSSR count). The number of ether oxygens (including phenoxy) is 1. The summed E-state index contributed by atoms with van der Waals surface area (Å²) < 4.78 is 4.72. The normalized spacial score (nSPS) is 13.9. The smallest absolute Gasteiger partial charge is 0.0905 e. The Labute approximate surface area is 50.9 Å². The summed E-state index contributed by atoms with van der Waals surface area (Å²) >= 11 is 0. The Hall–Kier alpha value is 0.310. The van der Waals surface area contributed by atoms with Crippen molar-refractivity contribution in [3.05, 3.63) is 0 Å². The summed E-state index contributed by atoms with van der Waals surface area (Å²) in [4.78, 5) is 0. The number of hydrogen-bond acceptors (Lipinski definition) is 3. The first kappa shape index (κ1) is 8.31. The molecule has 0 saturated carbocycles. The maximum atomic E-state index is 8.54. The molecule has 8 heavy (non-hydrogen) atoms. The monoisotopic (exact) mass is 138 g/mol. The maximum absolute atomic E-state index is 8.54. The van der Waals surface area contributed by atoms with Gasteiger partial charge >= 0.3 is 0 Å². The molecule has 0 saturated heterocycles. The summed E-state index contributed by atoms with van der Waals surface area (Å²) in [5, 5.41) is 16.7. The molecule has 0 heterocycles. The van der Waals surface area contributed by atoms with Gasteiger partial charge in [0, 0.05) is 0 Å². The number of hydrogen-bond donors (Lipinski definition) is 2. The Morgan fingerprint density at radius 3 is 2.62 bits per heavy atom. The van der Waals surface area contributed by atoms with E-state index in [0.29, 0.717) is 6.61 Å². The molecule has 0 aliphatic heterocycles. The molecule has 0 aromatic heterocycles. The van der Waals surface area contributed by atoms with E-state index in [1.54, 1.807) is 0 Å². The second-order valence-electron chi connectivity index (χ2n) is 1.37. The van der Waals surface area contributed by atoms with Crippen molar-refractivity contribution in [3.63, 3.8) is 0 Å². The quantitative estimate of drug-likeness (QED) is 0.394. The molecular formula is C4H11O3P. The van der Waals surface area contributed by atoms with E-state index < -0.39 is 5.85 Å². The third-order valence-electron chi connectivity index (χ3n) is 0.524. The standard InChI is InChI=1S/C4H11O3P/c5-1-2-7-3-4(6)8/h4-6H,1-3,8H2. The first-order valence-corrected chi connectivity index (χ1v) is 3.06. The highest BCUT2D eigenvalue weighted by Gasteiger charge is 1.92. The van der Waals surface area contributed by atoms with Crippen molar-refractivity contribution in [2.75, 3.05) is 19.8 Å². The van der Waals surface area contributed by atoms with Gasteiger partial charge in [-0.3, -0.25) is 0 Å². The van der Waals surface area contributed by atoms with E-state index in [1.165, 1.54) is 0 Å². The average molecular weight is 138 g/mol. The predicted octanol–water partition coefficient (Wildman–Crippen LogP) is -0.811. The average Bonchev–Trinajstić information content (AvgIpc) is 1.66. The summed E-state index contributed by atoms with van der Waals surface area (Å²) in [6.45, 7) is 0.577. The van der Waals surface area contributed by atoms with Gasteiger partial charge in [-0.1, -0.05) is 0 Å². The van der Waals surface area contributed by atoms with E-state index in [2.05, 4.69) is 9.24 Å². The van der Waals surface area contributed by atoms with Crippen LogP contribution in [0.1, 0.15) is 0 Å². The van der Waals surface area contributed by atoms with Crippen LogP contribution in [0.5, 0.6) is 0 Å². The molecule has 0 aromatic carbocycles. The lowest BCUT2D eigenvalue weighted by molar-refractivity contribution is 0.0535. The Bertz CT molecular complexity index is 48.5. The van der Waals surface area contributed by atoms with Crippen LogP contribution in [-0.2, 0) is 4.74 Å². The van der Waals surface area contributed by atoms with Crippen LogP contribution in [0.4, 0.5) is 0 Å². The molecule has 0 fully saturated rings. The maximum Gasteiger partial charge on any atom is 0.0905 e. The van der Waals surface area contributed by atoms with Crippen molar-refractivity contribution in [2.45, 2.75) is 5.85 Å². The van der Waals surface area contributed by atoms with E-state index in [0.717, 1.165) is 0 Å². The molecule has 3 nitrogen and oxygen atoms in total. The van der Waals surface area contributed by atoms with Crippen LogP contribution in [0.25, 0.3) is 0 Å². The Kier molecular flexibility index (Phi) is 5.66. The highest BCUT2D eigenvalue weighted by molar-refractivity contribution is 7.17. The van der Waals surface area contributed by atoms with E-state index >= 15 is 0 Å². The van der Waals surface area contributed by atoms with Crippen molar-refractivity contribution < 1.29 is 14.9 Å². The Balaban J connectivity index is 2.72. The molecule has 4 heteroatoms. The number of rotatable bonds is 4. The van der Waals surface area contributed by atoms with Crippen LogP contribution >= 0.6 is 9.24 Å². The van der Waals surface area contributed by atoms with Gasteiger partial charge in [-0.05, 0) is 0 Å². The molecule has 2 unspecified atom stereocenters. The van der Waals surface area contributed by atoms with E-state index in [4.69, 9.17) is 14.9 Å². The van der Waals surface area contributed by atoms with E-state index in [-0.39, 0.29) is 13.2 Å². The molecule has 0 bridgehead atoms. The van der Waals surface area contributed by atoms with Crippen molar-refractivity contribution in [1.82, 2.24) is 0 Å². The summed E-state index contributed by atoms with van der Waals surface area (Å²) in [6.07, 6.45) is 0. The summed E-state index contributed by atoms with van der Waals surface area (Å²) in [7, 11) is 2.18. The van der Waals surface area contributed by atoms with Gasteiger partial charge in [0.05, 0.1) is 25.7 Å². The van der Waals surface area contributed by atoms with Gasteiger partial charge in [-0.15, -0.1) is 9.24 Å². The zero-order valence-corrected chi connectivity index (χ0v) is 5.73. The van der Waals surface area contributed by atoms with Crippen LogP contribution in [0, 0.1) is 0 Å². The van der Waals surface area contributed by atoms with E-state index in [9.17, 15) is 0 Å². The van der Waals surface area contributed by atoms with Gasteiger partial charge in [0.1, 0.15) is 0 Å². The highest BCUT2D eigenvalue weighted by atomic mass is 31.0. The highest BCUT2D eigenvalue weighted by Crippen LogP contribution is 1.92. The largest absolute Gasteiger partial charge is 0.394 e. The molecule has 50 valence electrons. The molecule has 2 N–H and O–H groups in total. The van der Waals surface area contributed by atoms with E-state index in [1.807, 2.05) is 0 Å². The third kappa shape index (κ3) is 6.31. The molecule has 0 aromatic rings. The summed E-state index contributed by atoms with van der Waals surface area (Å²) in [5.74, 6) is -0.512. The van der Waals surface area contributed by atoms with Crippen LogP contribution < -0.4 is 0 Å². The van der Waals surface area contributed by atoms with Gasteiger partial charge in [0.25, 0.3) is 0 Å². The fraction of sp³-hybridized carbons (Fsp3) is 1.00. The predicted molar refractivity (Wildman–Crippen MR) is 33.6 cm³/mol. The Morgan fingerprint density at radius 1 is 1.62 bits per heavy atom. The molecular weight excluding hydrogens is 127 g/mol. The van der Waals surface area contributed by atoms with Crippen LogP contribution in [0.3, 0.4) is 0 Å². The zero-order chi connectivity index (χ0) is 6.41. The number of aliphatic hydroxyl groups is 2. The minimum absolute atomic E-state index is 0.0113. The molecule has 0 spiro atoms. The summed E-state index contributed by atoms with van der Waals surface area (Å²) in [5.41, 5.74) is 0. The summed E-state index contributed by atoms with van der Waals surface area (Å²) in [6, 6.07) is 0. The van der Waals surface area contributed by atoms with Crippen LogP contribution in [0.15, 0.2) is 0 Å². The molecule has 0 aliphatic carbocycles. The minimum atomic E-state index is -0.512. The van der Waals surface area contributed by atoms with Crippen molar-refractivity contribution >= 4 is 9.24 Å². The Morgan fingerprint density at radius 2 is 2.25 bits per heavy atom. The third-order valence-corrected chi connectivity index (χ3v) is 0.717. The SMILES string of the molecule is OCCOCC(O)P. The van der Waals surface area contributed by atoms with Crippen LogP contribution in [0.2, 0.25) is 0 Å². The molecule has 0 aliphatic rings. The topological polar surface area (TPSA) is 49.7 Å². The first-order valence-electron chi connectivity index (χ1n) is 2.39.